The third-order valence-corrected chi connectivity index (χ3v) is 2.79. The number of carbonyl (C=O) groups excluding carboxylic acids is 1. The zero-order valence-electron chi connectivity index (χ0n) is 11.3. The highest BCUT2D eigenvalue weighted by Crippen LogP contribution is 2.30. The quantitative estimate of drug-likeness (QED) is 0.438. The van der Waals surface area contributed by atoms with Crippen LogP contribution in [0.25, 0.3) is 0 Å². The van der Waals surface area contributed by atoms with E-state index in [1.54, 1.807) is 6.92 Å². The monoisotopic (exact) mass is 301 g/mol. The van der Waals surface area contributed by atoms with Gasteiger partial charge in [0.1, 0.15) is 5.75 Å². The molecule has 0 aliphatic heterocycles. The van der Waals surface area contributed by atoms with Crippen LogP contribution in [0.5, 0.6) is 5.75 Å². The smallest absolute Gasteiger partial charge is 0.347 e. The Balaban J connectivity index is 2.88. The van der Waals surface area contributed by atoms with Crippen molar-refractivity contribution < 1.29 is 19.2 Å². The summed E-state index contributed by atoms with van der Waals surface area (Å²) in [5.74, 6) is -0.243. The van der Waals surface area contributed by atoms with Crippen molar-refractivity contribution in [2.75, 3.05) is 6.61 Å². The summed E-state index contributed by atoms with van der Waals surface area (Å²) in [5, 5.41) is 10.7. The van der Waals surface area contributed by atoms with Gasteiger partial charge in [-0.05, 0) is 19.4 Å². The summed E-state index contributed by atoms with van der Waals surface area (Å²) in [5.41, 5.74) is -0.134. The first-order chi connectivity index (χ1) is 9.49. The highest BCUT2D eigenvalue weighted by atomic mass is 35.5. The summed E-state index contributed by atoms with van der Waals surface area (Å²) in [6.45, 7) is 3.88. The van der Waals surface area contributed by atoms with Crippen LogP contribution >= 0.6 is 11.6 Å². The minimum absolute atomic E-state index is 0.0876. The molecule has 0 aliphatic rings. The number of hydrogen-bond acceptors (Lipinski definition) is 5. The topological polar surface area (TPSA) is 78.7 Å². The molecule has 0 heterocycles. The number of nitro benzene ring substituents is 1. The Morgan fingerprint density at radius 2 is 2.15 bits per heavy atom. The van der Waals surface area contributed by atoms with E-state index in [1.807, 2.05) is 6.92 Å². The first-order valence-corrected chi connectivity index (χ1v) is 6.64. The first kappa shape index (κ1) is 16.2. The first-order valence-electron chi connectivity index (χ1n) is 6.26. The van der Waals surface area contributed by atoms with Gasteiger partial charge in [0.2, 0.25) is 0 Å². The Labute approximate surface area is 121 Å². The van der Waals surface area contributed by atoms with E-state index in [2.05, 4.69) is 0 Å². The maximum atomic E-state index is 11.7. The number of rotatable bonds is 7. The molecule has 0 N–H and O–H groups in total. The molecule has 0 radical (unpaired) electrons. The number of ether oxygens (including phenoxy) is 2. The molecule has 0 bridgehead atoms. The maximum Gasteiger partial charge on any atom is 0.347 e. The molecule has 0 fully saturated rings. The average molecular weight is 302 g/mol. The second kappa shape index (κ2) is 7.69. The summed E-state index contributed by atoms with van der Waals surface area (Å²) in [6, 6.07) is 3.84. The Morgan fingerprint density at radius 3 is 2.65 bits per heavy atom. The summed E-state index contributed by atoms with van der Waals surface area (Å²) in [4.78, 5) is 21.8. The lowest BCUT2D eigenvalue weighted by Crippen LogP contribution is -2.29. The zero-order valence-corrected chi connectivity index (χ0v) is 12.1. The fourth-order valence-corrected chi connectivity index (χ4v) is 1.79. The molecular weight excluding hydrogens is 286 g/mol. The summed E-state index contributed by atoms with van der Waals surface area (Å²) in [7, 11) is 0. The van der Waals surface area contributed by atoms with E-state index in [4.69, 9.17) is 21.1 Å². The molecule has 0 saturated carbocycles. The fraction of sp³-hybridized carbons (Fsp3) is 0.462. The van der Waals surface area contributed by atoms with Gasteiger partial charge in [0, 0.05) is 12.1 Å². The lowest BCUT2D eigenvalue weighted by molar-refractivity contribution is -0.384. The average Bonchev–Trinajstić information content (AvgIpc) is 2.40. The summed E-state index contributed by atoms with van der Waals surface area (Å²) in [6.07, 6.45) is 0.444. The number of nitrogens with zero attached hydrogens (tertiary/aromatic N) is 1. The molecule has 6 nitrogen and oxygen atoms in total. The summed E-state index contributed by atoms with van der Waals surface area (Å²) >= 11 is 5.92. The van der Waals surface area contributed by atoms with Crippen LogP contribution in [0.2, 0.25) is 5.02 Å². The number of carbonyl (C=O) groups is 1. The van der Waals surface area contributed by atoms with Crippen molar-refractivity contribution in [3.8, 4) is 5.75 Å². The Kier molecular flexibility index (Phi) is 6.24. The van der Waals surface area contributed by atoms with Gasteiger partial charge in [-0.25, -0.2) is 4.79 Å². The lowest BCUT2D eigenvalue weighted by atomic mass is 10.2. The molecule has 110 valence electrons. The molecule has 20 heavy (non-hydrogen) atoms. The van der Waals surface area contributed by atoms with E-state index in [-0.39, 0.29) is 23.1 Å². The van der Waals surface area contributed by atoms with Gasteiger partial charge in [-0.2, -0.15) is 0 Å². The van der Waals surface area contributed by atoms with E-state index in [9.17, 15) is 14.9 Å². The third kappa shape index (κ3) is 4.38. The number of benzene rings is 1. The minimum atomic E-state index is -0.765. The van der Waals surface area contributed by atoms with Crippen molar-refractivity contribution in [2.24, 2.45) is 0 Å². The van der Waals surface area contributed by atoms with Crippen LogP contribution in [0, 0.1) is 10.1 Å². The number of non-ortho nitro benzene ring substituents is 1. The van der Waals surface area contributed by atoms with Gasteiger partial charge < -0.3 is 9.47 Å². The minimum Gasteiger partial charge on any atom is -0.477 e. The number of hydrogen-bond donors (Lipinski definition) is 0. The van der Waals surface area contributed by atoms with E-state index in [1.165, 1.54) is 18.2 Å². The Morgan fingerprint density at radius 1 is 1.45 bits per heavy atom. The predicted octanol–water partition coefficient (Wildman–Crippen LogP) is 3.36. The van der Waals surface area contributed by atoms with Crippen LogP contribution in [0.4, 0.5) is 5.69 Å². The van der Waals surface area contributed by atoms with Crippen molar-refractivity contribution in [1.29, 1.82) is 0 Å². The molecule has 0 spiro atoms. The van der Waals surface area contributed by atoms with Crippen LogP contribution in [-0.2, 0) is 9.53 Å². The second-order valence-electron chi connectivity index (χ2n) is 4.02. The molecule has 1 aromatic rings. The van der Waals surface area contributed by atoms with E-state index in [0.717, 1.165) is 6.42 Å². The van der Waals surface area contributed by atoms with Crippen molar-refractivity contribution in [1.82, 2.24) is 0 Å². The molecule has 1 atom stereocenters. The predicted molar refractivity (Wildman–Crippen MR) is 74.1 cm³/mol. The van der Waals surface area contributed by atoms with Crippen molar-refractivity contribution in [3.63, 3.8) is 0 Å². The number of halogens is 1. The highest BCUT2D eigenvalue weighted by molar-refractivity contribution is 6.32. The van der Waals surface area contributed by atoms with Crippen LogP contribution in [-0.4, -0.2) is 23.6 Å². The normalized spacial score (nSPS) is 11.8. The molecule has 7 heteroatoms. The number of nitro groups is 1. The van der Waals surface area contributed by atoms with E-state index >= 15 is 0 Å². The zero-order chi connectivity index (χ0) is 15.1. The molecular formula is C13H16ClNO5. The molecule has 0 amide bonds. The molecule has 1 rings (SSSR count). The lowest BCUT2D eigenvalue weighted by Gasteiger charge is -2.17. The Hall–Kier alpha value is -1.82. The van der Waals surface area contributed by atoms with E-state index in [0.29, 0.717) is 6.42 Å². The van der Waals surface area contributed by atoms with Crippen LogP contribution in [0.3, 0.4) is 0 Å². The van der Waals surface area contributed by atoms with Crippen molar-refractivity contribution in [3.05, 3.63) is 33.3 Å². The van der Waals surface area contributed by atoms with Gasteiger partial charge in [0.25, 0.3) is 5.69 Å². The van der Waals surface area contributed by atoms with Gasteiger partial charge in [-0.1, -0.05) is 24.9 Å². The van der Waals surface area contributed by atoms with Gasteiger partial charge in [-0.3, -0.25) is 10.1 Å². The third-order valence-electron chi connectivity index (χ3n) is 2.50. The maximum absolute atomic E-state index is 11.7. The second-order valence-corrected chi connectivity index (χ2v) is 4.43. The van der Waals surface area contributed by atoms with E-state index < -0.39 is 17.0 Å². The van der Waals surface area contributed by atoms with Crippen molar-refractivity contribution >= 4 is 23.3 Å². The highest BCUT2D eigenvalue weighted by Gasteiger charge is 2.22. The molecule has 0 aliphatic carbocycles. The standard InChI is InChI=1S/C13H16ClNO5/c1-3-5-12(13(16)19-4-2)20-11-7-6-9(15(17)18)8-10(11)14/h6-8,12H,3-5H2,1-2H3. The molecule has 1 unspecified atom stereocenters. The van der Waals surface area contributed by atoms with Gasteiger partial charge >= 0.3 is 5.97 Å². The number of esters is 1. The van der Waals surface area contributed by atoms with Crippen LogP contribution < -0.4 is 4.74 Å². The Bertz CT molecular complexity index is 492. The largest absolute Gasteiger partial charge is 0.477 e. The molecule has 0 aromatic heterocycles. The summed E-state index contributed by atoms with van der Waals surface area (Å²) < 4.78 is 10.4. The van der Waals surface area contributed by atoms with Crippen LogP contribution in [0.15, 0.2) is 18.2 Å². The van der Waals surface area contributed by atoms with Gasteiger partial charge in [-0.15, -0.1) is 0 Å². The van der Waals surface area contributed by atoms with Gasteiger partial charge in [0.15, 0.2) is 6.10 Å². The van der Waals surface area contributed by atoms with Gasteiger partial charge in [0.05, 0.1) is 16.6 Å². The molecule has 1 aromatic carbocycles. The SMILES string of the molecule is CCCC(Oc1ccc([N+](=O)[O-])cc1Cl)C(=O)OCC. The fourth-order valence-electron chi connectivity index (χ4n) is 1.57. The molecule has 0 saturated heterocycles. The van der Waals surface area contributed by atoms with Crippen molar-refractivity contribution in [2.45, 2.75) is 32.8 Å². The van der Waals surface area contributed by atoms with Crippen LogP contribution in [0.1, 0.15) is 26.7 Å².